The standard InChI is InChI=1S/Ca.2H3O4P.Zn.2H/c;2*1-5(2,3)4;;;/h;2*(H3,1,2,3,4);;;. The smallest absolute Gasteiger partial charge is 0 e. The van der Waals surface area contributed by atoms with Gasteiger partial charge in [0.1, 0.15) is 0 Å². The molecule has 0 amide bonds. The maximum atomic E-state index is 8.88. The second-order valence-corrected chi connectivity index (χ2v) is 3.08. The minimum Gasteiger partial charge on any atom is 0 e. The van der Waals surface area contributed by atoms with Crippen LogP contribution in [-0.2, 0) is 28.6 Å². The molecule has 12 heavy (non-hydrogen) atoms. The largest absolute Gasteiger partial charge is 0 e. The maximum absolute atomic E-state index is 8.88. The Morgan fingerprint density at radius 3 is 0.667 bits per heavy atom. The van der Waals surface area contributed by atoms with Gasteiger partial charge in [-0.25, -0.2) is 9.13 Å². The van der Waals surface area contributed by atoms with Crippen molar-refractivity contribution >= 4 is 53.4 Å². The van der Waals surface area contributed by atoms with Crippen LogP contribution in [0.5, 0.6) is 0 Å². The van der Waals surface area contributed by atoms with Crippen molar-refractivity contribution in [2.45, 2.75) is 0 Å². The molecule has 0 saturated carbocycles. The summed E-state index contributed by atoms with van der Waals surface area (Å²) < 4.78 is 17.8. The van der Waals surface area contributed by atoms with Gasteiger partial charge in [-0.2, -0.15) is 0 Å². The van der Waals surface area contributed by atoms with Crippen molar-refractivity contribution in [3.63, 3.8) is 0 Å². The Hall–Kier alpha value is 2.10. The summed E-state index contributed by atoms with van der Waals surface area (Å²) >= 11 is 0. The Balaban J connectivity index is -0.0000000457. The minimum atomic E-state index is -4.64. The van der Waals surface area contributed by atoms with Gasteiger partial charge in [-0.05, 0) is 0 Å². The fourth-order valence-electron chi connectivity index (χ4n) is 0. The molecule has 12 heteroatoms. The monoisotopic (exact) mass is 302 g/mol. The van der Waals surface area contributed by atoms with Crippen LogP contribution in [0.25, 0.3) is 0 Å². The molecule has 0 aliphatic rings. The van der Waals surface area contributed by atoms with Gasteiger partial charge in [0.15, 0.2) is 0 Å². The van der Waals surface area contributed by atoms with Crippen LogP contribution in [-0.4, -0.2) is 67.1 Å². The van der Waals surface area contributed by atoms with Crippen molar-refractivity contribution in [3.8, 4) is 0 Å². The van der Waals surface area contributed by atoms with Gasteiger partial charge >= 0.3 is 53.4 Å². The fraction of sp³-hybridized carbons (Fsp3) is 0. The van der Waals surface area contributed by atoms with Gasteiger partial charge in [0.05, 0.1) is 0 Å². The zero-order chi connectivity index (χ0) is 9.00. The van der Waals surface area contributed by atoms with E-state index in [4.69, 9.17) is 38.5 Å². The van der Waals surface area contributed by atoms with E-state index in [-0.39, 0.29) is 57.2 Å². The summed E-state index contributed by atoms with van der Waals surface area (Å²) in [5.41, 5.74) is 0. The Kier molecular flexibility index (Phi) is 19.1. The van der Waals surface area contributed by atoms with E-state index in [1.165, 1.54) is 0 Å². The van der Waals surface area contributed by atoms with Gasteiger partial charge in [-0.3, -0.25) is 0 Å². The van der Waals surface area contributed by atoms with Crippen molar-refractivity contribution < 1.29 is 58.0 Å². The summed E-state index contributed by atoms with van der Waals surface area (Å²) in [6, 6.07) is 0. The van der Waals surface area contributed by atoms with Crippen LogP contribution >= 0.6 is 15.6 Å². The molecular weight excluding hydrogens is 295 g/mol. The quantitative estimate of drug-likeness (QED) is 0.207. The molecule has 0 aromatic rings. The van der Waals surface area contributed by atoms with Crippen LogP contribution < -0.4 is 0 Å². The Morgan fingerprint density at radius 2 is 0.667 bits per heavy atom. The first kappa shape index (κ1) is 23.7. The van der Waals surface area contributed by atoms with Crippen LogP contribution in [0.1, 0.15) is 0 Å². The molecule has 0 aliphatic heterocycles. The molecule has 0 aromatic carbocycles. The van der Waals surface area contributed by atoms with Crippen LogP contribution in [0, 0.1) is 0 Å². The zero-order valence-electron chi connectivity index (χ0n) is 5.10. The van der Waals surface area contributed by atoms with Crippen LogP contribution in [0.4, 0.5) is 0 Å². The maximum Gasteiger partial charge on any atom is 0 e. The third kappa shape index (κ3) is 337. The van der Waals surface area contributed by atoms with Crippen molar-refractivity contribution in [3.05, 3.63) is 0 Å². The second kappa shape index (κ2) is 9.65. The van der Waals surface area contributed by atoms with Crippen LogP contribution in [0.3, 0.4) is 0 Å². The molecule has 8 nitrogen and oxygen atoms in total. The molecule has 0 fully saturated rings. The third-order valence-corrected chi connectivity index (χ3v) is 0. The average Bonchev–Trinajstić information content (AvgIpc) is 1.12. The zero-order valence-corrected chi connectivity index (χ0v) is 9.86. The van der Waals surface area contributed by atoms with Gasteiger partial charge in [0.2, 0.25) is 0 Å². The molecule has 0 spiro atoms. The predicted octanol–water partition coefficient (Wildman–Crippen LogP) is -2.78. The SMILES string of the molecule is O=P(O)(O)O.O=P(O)(O)O.[CaH2].[Zn]. The Bertz CT molecular complexity index is 129. The van der Waals surface area contributed by atoms with E-state index in [1.807, 2.05) is 0 Å². The summed E-state index contributed by atoms with van der Waals surface area (Å²) in [5.74, 6) is 0. The molecule has 0 aliphatic carbocycles. The van der Waals surface area contributed by atoms with Gasteiger partial charge in [0.25, 0.3) is 0 Å². The molecule has 0 bridgehead atoms. The van der Waals surface area contributed by atoms with Crippen LogP contribution in [0.2, 0.25) is 0 Å². The molecule has 0 unspecified atom stereocenters. The minimum absolute atomic E-state index is 0. The molecule has 0 saturated heterocycles. The predicted molar refractivity (Wildman–Crippen MR) is 37.1 cm³/mol. The molecular formula is H8CaO8P2Zn. The number of hydrogen-bond acceptors (Lipinski definition) is 2. The first-order valence-corrected chi connectivity index (χ1v) is 4.70. The van der Waals surface area contributed by atoms with E-state index in [0.29, 0.717) is 0 Å². The molecule has 0 radical (unpaired) electrons. The van der Waals surface area contributed by atoms with Gasteiger partial charge in [-0.1, -0.05) is 0 Å². The topological polar surface area (TPSA) is 156 Å². The van der Waals surface area contributed by atoms with E-state index in [9.17, 15) is 0 Å². The van der Waals surface area contributed by atoms with Crippen molar-refractivity contribution in [2.75, 3.05) is 0 Å². The molecule has 6 N–H and O–H groups in total. The summed E-state index contributed by atoms with van der Waals surface area (Å²) in [5, 5.41) is 0. The van der Waals surface area contributed by atoms with Gasteiger partial charge < -0.3 is 29.4 Å². The van der Waals surface area contributed by atoms with E-state index in [2.05, 4.69) is 0 Å². The third-order valence-electron chi connectivity index (χ3n) is 0. The Morgan fingerprint density at radius 1 is 0.667 bits per heavy atom. The van der Waals surface area contributed by atoms with Gasteiger partial charge in [0, 0.05) is 19.5 Å². The van der Waals surface area contributed by atoms with Crippen molar-refractivity contribution in [2.24, 2.45) is 0 Å². The van der Waals surface area contributed by atoms with E-state index < -0.39 is 15.6 Å². The average molecular weight is 303 g/mol. The van der Waals surface area contributed by atoms with Crippen LogP contribution in [0.15, 0.2) is 0 Å². The molecule has 0 heterocycles. The molecule has 0 atom stereocenters. The number of phosphoric acid groups is 2. The summed E-state index contributed by atoms with van der Waals surface area (Å²) in [4.78, 5) is 43.1. The summed E-state index contributed by atoms with van der Waals surface area (Å²) in [7, 11) is -9.28. The van der Waals surface area contributed by atoms with E-state index >= 15 is 0 Å². The second-order valence-electron chi connectivity index (χ2n) is 1.03. The fourth-order valence-corrected chi connectivity index (χ4v) is 0. The first-order valence-electron chi connectivity index (χ1n) is 1.57. The molecule has 0 rings (SSSR count). The number of rotatable bonds is 0. The number of hydrogen-bond donors (Lipinski definition) is 6. The molecule has 70 valence electrons. The van der Waals surface area contributed by atoms with Crippen molar-refractivity contribution in [1.82, 2.24) is 0 Å². The summed E-state index contributed by atoms with van der Waals surface area (Å²) in [6.45, 7) is 0. The first-order chi connectivity index (χ1) is 4.00. The van der Waals surface area contributed by atoms with E-state index in [1.54, 1.807) is 0 Å². The summed E-state index contributed by atoms with van der Waals surface area (Å²) in [6.07, 6.45) is 0. The van der Waals surface area contributed by atoms with Crippen molar-refractivity contribution in [1.29, 1.82) is 0 Å². The Labute approximate surface area is 110 Å². The van der Waals surface area contributed by atoms with E-state index in [0.717, 1.165) is 0 Å². The normalized spacial score (nSPS) is 9.83. The molecule has 0 aromatic heterocycles. The van der Waals surface area contributed by atoms with Gasteiger partial charge in [-0.15, -0.1) is 0 Å².